The van der Waals surface area contributed by atoms with Crippen LogP contribution in [0.4, 0.5) is 0 Å². The van der Waals surface area contributed by atoms with E-state index in [-0.39, 0.29) is 12.7 Å². The van der Waals surface area contributed by atoms with E-state index in [2.05, 4.69) is 11.8 Å². The monoisotopic (exact) mass is 192 g/mol. The molecule has 14 heavy (non-hydrogen) atoms. The number of esters is 1. The van der Waals surface area contributed by atoms with Crippen LogP contribution in [0.1, 0.15) is 0 Å². The predicted octanol–water partition coefficient (Wildman–Crippen LogP) is -0.252. The Morgan fingerprint density at radius 1 is 1.64 bits per heavy atom. The highest BCUT2D eigenvalue weighted by Gasteiger charge is 2.19. The zero-order valence-electron chi connectivity index (χ0n) is 7.32. The van der Waals surface area contributed by atoms with Crippen LogP contribution < -0.4 is 0 Å². The van der Waals surface area contributed by atoms with Gasteiger partial charge in [-0.1, -0.05) is 11.8 Å². The predicted molar refractivity (Wildman–Crippen MR) is 46.9 cm³/mol. The Hall–Kier alpha value is -1.57. The largest absolute Gasteiger partial charge is 0.422 e. The molecule has 1 fully saturated rings. The molecule has 2 heterocycles. The average molecular weight is 192 g/mol. The van der Waals surface area contributed by atoms with E-state index in [0.29, 0.717) is 17.9 Å². The van der Waals surface area contributed by atoms with Crippen LogP contribution in [-0.2, 0) is 14.3 Å². The summed E-state index contributed by atoms with van der Waals surface area (Å²) in [5.74, 6) is 5.39. The Morgan fingerprint density at radius 3 is 2.93 bits per heavy atom. The van der Waals surface area contributed by atoms with Gasteiger partial charge in [-0.25, -0.2) is 4.79 Å². The second-order valence-electron chi connectivity index (χ2n) is 2.85. The van der Waals surface area contributed by atoms with Crippen molar-refractivity contribution in [2.75, 3.05) is 13.2 Å². The molecule has 0 radical (unpaired) electrons. The number of aliphatic hydroxyl groups excluding tert-OH is 1. The Balaban J connectivity index is 2.16. The number of ether oxygens (including phenoxy) is 2. The third-order valence-electron chi connectivity index (χ3n) is 1.75. The van der Waals surface area contributed by atoms with Gasteiger partial charge >= 0.3 is 5.97 Å². The van der Waals surface area contributed by atoms with Crippen LogP contribution in [0.15, 0.2) is 23.5 Å². The van der Waals surface area contributed by atoms with Crippen molar-refractivity contribution in [1.82, 2.24) is 0 Å². The van der Waals surface area contributed by atoms with Crippen LogP contribution in [0.3, 0.4) is 0 Å². The van der Waals surface area contributed by atoms with Crippen molar-refractivity contribution in [2.45, 2.75) is 6.10 Å². The second kappa shape index (κ2) is 3.66. The molecule has 0 spiro atoms. The molecular formula is C10H8O4. The summed E-state index contributed by atoms with van der Waals surface area (Å²) in [6.07, 6.45) is 2.76. The molecule has 0 aromatic rings. The third kappa shape index (κ3) is 2.02. The van der Waals surface area contributed by atoms with Crippen LogP contribution in [0.2, 0.25) is 0 Å². The fourth-order valence-corrected chi connectivity index (χ4v) is 0.960. The van der Waals surface area contributed by atoms with Gasteiger partial charge in [0.2, 0.25) is 0 Å². The first kappa shape index (κ1) is 9.00. The lowest BCUT2D eigenvalue weighted by atomic mass is 10.2. The highest BCUT2D eigenvalue weighted by molar-refractivity contribution is 5.86. The lowest BCUT2D eigenvalue weighted by molar-refractivity contribution is -0.132. The van der Waals surface area contributed by atoms with E-state index >= 15 is 0 Å². The normalized spacial score (nSPS) is 26.6. The number of carbonyl (C=O) groups is 1. The van der Waals surface area contributed by atoms with Crippen molar-refractivity contribution in [3.05, 3.63) is 23.5 Å². The molecule has 0 aromatic heterocycles. The Labute approximate surface area is 80.8 Å². The first-order valence-electron chi connectivity index (χ1n) is 4.16. The Kier molecular flexibility index (Phi) is 2.35. The summed E-state index contributed by atoms with van der Waals surface area (Å²) in [6.45, 7) is 0.392. The van der Waals surface area contributed by atoms with Crippen LogP contribution in [0.25, 0.3) is 0 Å². The molecule has 0 saturated carbocycles. The van der Waals surface area contributed by atoms with Crippen LogP contribution >= 0.6 is 0 Å². The summed E-state index contributed by atoms with van der Waals surface area (Å²) in [5, 5.41) is 8.98. The maximum atomic E-state index is 10.7. The number of hydrogen-bond acceptors (Lipinski definition) is 4. The van der Waals surface area contributed by atoms with Gasteiger partial charge in [0.15, 0.2) is 0 Å². The van der Waals surface area contributed by atoms with Crippen molar-refractivity contribution in [3.63, 3.8) is 0 Å². The first-order valence-corrected chi connectivity index (χ1v) is 4.16. The van der Waals surface area contributed by atoms with E-state index in [9.17, 15) is 4.79 Å². The summed E-state index contributed by atoms with van der Waals surface area (Å²) in [6, 6.07) is 0. The minimum Gasteiger partial charge on any atom is -0.422 e. The number of hydrogen-bond donors (Lipinski definition) is 1. The maximum Gasteiger partial charge on any atom is 0.336 e. The highest BCUT2D eigenvalue weighted by Crippen LogP contribution is 2.14. The molecular weight excluding hydrogens is 184 g/mol. The minimum atomic E-state index is -0.435. The van der Waals surface area contributed by atoms with Crippen LogP contribution in [-0.4, -0.2) is 30.4 Å². The molecule has 0 unspecified atom stereocenters. The molecule has 0 aromatic carbocycles. The number of rotatable bonds is 1. The van der Waals surface area contributed by atoms with Crippen LogP contribution in [0.5, 0.6) is 0 Å². The zero-order valence-corrected chi connectivity index (χ0v) is 7.32. The van der Waals surface area contributed by atoms with E-state index in [1.165, 1.54) is 12.2 Å². The van der Waals surface area contributed by atoms with Gasteiger partial charge in [0.05, 0.1) is 18.8 Å². The van der Waals surface area contributed by atoms with E-state index in [1.54, 1.807) is 0 Å². The molecule has 2 rings (SSSR count). The Morgan fingerprint density at radius 2 is 2.43 bits per heavy atom. The topological polar surface area (TPSA) is 59.1 Å². The highest BCUT2D eigenvalue weighted by atomic mass is 16.6. The van der Waals surface area contributed by atoms with Crippen molar-refractivity contribution in [3.8, 4) is 11.8 Å². The van der Waals surface area contributed by atoms with Crippen molar-refractivity contribution >= 4 is 5.97 Å². The average Bonchev–Trinajstić information content (AvgIpc) is 2.90. The lowest BCUT2D eigenvalue weighted by Gasteiger charge is -1.98. The molecule has 0 bridgehead atoms. The van der Waals surface area contributed by atoms with Gasteiger partial charge in [0.25, 0.3) is 0 Å². The second-order valence-corrected chi connectivity index (χ2v) is 2.85. The molecule has 2 aliphatic rings. The number of allylic oxidation sites excluding steroid dienone is 1. The van der Waals surface area contributed by atoms with E-state index in [0.717, 1.165) is 0 Å². The standard InChI is InChI=1S/C10H8O4/c11-5-7(1-2-8-6-13-8)9-3-4-10(12)14-9/h3-4,8,11H,5-6H2/b9-7-/t8-/m0/s1. The van der Waals surface area contributed by atoms with Crippen molar-refractivity contribution in [2.24, 2.45) is 0 Å². The van der Waals surface area contributed by atoms with Gasteiger partial charge in [-0.2, -0.15) is 0 Å². The fraction of sp³-hybridized carbons (Fsp3) is 0.300. The lowest BCUT2D eigenvalue weighted by Crippen LogP contribution is -1.97. The van der Waals surface area contributed by atoms with Gasteiger partial charge in [-0.3, -0.25) is 0 Å². The third-order valence-corrected chi connectivity index (χ3v) is 1.75. The van der Waals surface area contributed by atoms with Crippen molar-refractivity contribution < 1.29 is 19.4 Å². The van der Waals surface area contributed by atoms with E-state index in [1.807, 2.05) is 0 Å². The maximum absolute atomic E-state index is 10.7. The summed E-state index contributed by atoms with van der Waals surface area (Å²) in [4.78, 5) is 10.7. The van der Waals surface area contributed by atoms with Gasteiger partial charge in [-0.15, -0.1) is 0 Å². The molecule has 72 valence electrons. The molecule has 1 atom stereocenters. The minimum absolute atomic E-state index is 0.0294. The van der Waals surface area contributed by atoms with Gasteiger partial charge in [0, 0.05) is 6.08 Å². The number of cyclic esters (lactones) is 1. The van der Waals surface area contributed by atoms with Gasteiger partial charge < -0.3 is 14.6 Å². The molecule has 4 heteroatoms. The molecule has 1 saturated heterocycles. The quantitative estimate of drug-likeness (QED) is 0.353. The van der Waals surface area contributed by atoms with E-state index < -0.39 is 5.97 Å². The number of carbonyl (C=O) groups excluding carboxylic acids is 1. The summed E-state index contributed by atoms with van der Waals surface area (Å²) in [5.41, 5.74) is 0.405. The summed E-state index contributed by atoms with van der Waals surface area (Å²) in [7, 11) is 0. The molecule has 4 nitrogen and oxygen atoms in total. The molecule has 0 aliphatic carbocycles. The Bertz CT molecular complexity index is 377. The summed E-state index contributed by atoms with van der Waals surface area (Å²) < 4.78 is 9.68. The first-order chi connectivity index (χ1) is 6.79. The van der Waals surface area contributed by atoms with Gasteiger partial charge in [0.1, 0.15) is 11.9 Å². The molecule has 1 N–H and O–H groups in total. The fourth-order valence-electron chi connectivity index (χ4n) is 0.960. The molecule has 0 amide bonds. The van der Waals surface area contributed by atoms with Crippen molar-refractivity contribution in [1.29, 1.82) is 0 Å². The van der Waals surface area contributed by atoms with E-state index in [4.69, 9.17) is 14.6 Å². The SMILES string of the molecule is O=C1C=C/C(=C(\C#C[C@H]2CO2)CO)O1. The van der Waals surface area contributed by atoms with Gasteiger partial charge in [-0.05, 0) is 6.08 Å². The van der Waals surface area contributed by atoms with Crippen LogP contribution in [0, 0.1) is 11.8 Å². The number of aliphatic hydroxyl groups is 1. The summed E-state index contributed by atoms with van der Waals surface area (Å²) >= 11 is 0. The molecule has 2 aliphatic heterocycles. The zero-order chi connectivity index (χ0) is 9.97. The number of epoxide rings is 1. The smallest absolute Gasteiger partial charge is 0.336 e.